The van der Waals surface area contributed by atoms with Crippen molar-refractivity contribution in [2.45, 2.75) is 19.0 Å². The van der Waals surface area contributed by atoms with Crippen molar-refractivity contribution in [3.05, 3.63) is 112 Å². The Bertz CT molecular complexity index is 1370. The molecule has 0 saturated carbocycles. The fraction of sp³-hybridized carbons (Fsp3) is 0.120. The van der Waals surface area contributed by atoms with E-state index in [1.807, 2.05) is 35.2 Å². The molecule has 9 heteroatoms. The van der Waals surface area contributed by atoms with Crippen LogP contribution in [0.3, 0.4) is 0 Å². The summed E-state index contributed by atoms with van der Waals surface area (Å²) in [5.74, 6) is 0.897. The Morgan fingerprint density at radius 3 is 2.59 bits per heavy atom. The first-order valence-corrected chi connectivity index (χ1v) is 10.9. The number of non-ortho nitro benzene ring substituents is 1. The van der Waals surface area contributed by atoms with Gasteiger partial charge in [0.1, 0.15) is 23.4 Å². The quantitative estimate of drug-likeness (QED) is 0.220. The Kier molecular flexibility index (Phi) is 5.54. The van der Waals surface area contributed by atoms with E-state index in [0.29, 0.717) is 27.8 Å². The predicted octanol–water partition coefficient (Wildman–Crippen LogP) is 5.87. The van der Waals surface area contributed by atoms with Crippen LogP contribution < -0.4 is 10.2 Å². The molecule has 0 aliphatic carbocycles. The third-order valence-electron chi connectivity index (χ3n) is 5.80. The van der Waals surface area contributed by atoms with E-state index in [4.69, 9.17) is 16.6 Å². The number of rotatable bonds is 5. The molecule has 2 atom stereocenters. The van der Waals surface area contributed by atoms with E-state index in [2.05, 4.69) is 10.3 Å². The zero-order valence-corrected chi connectivity index (χ0v) is 18.8. The van der Waals surface area contributed by atoms with Crippen LogP contribution in [0.25, 0.3) is 11.3 Å². The number of furan rings is 1. The molecule has 0 spiro atoms. The molecule has 1 saturated heterocycles. The van der Waals surface area contributed by atoms with Gasteiger partial charge >= 0.3 is 0 Å². The minimum atomic E-state index is -0.442. The van der Waals surface area contributed by atoms with Crippen LogP contribution in [0.2, 0.25) is 0 Å². The van der Waals surface area contributed by atoms with Gasteiger partial charge in [0.15, 0.2) is 5.11 Å². The van der Waals surface area contributed by atoms with Crippen LogP contribution in [-0.4, -0.2) is 15.0 Å². The third-order valence-corrected chi connectivity index (χ3v) is 6.11. The van der Waals surface area contributed by atoms with Crippen LogP contribution in [0.4, 0.5) is 15.8 Å². The van der Waals surface area contributed by atoms with E-state index in [-0.39, 0.29) is 23.6 Å². The number of thiocarbonyl (C=S) groups is 1. The number of halogens is 1. The number of hydrogen-bond acceptors (Lipinski definition) is 5. The lowest BCUT2D eigenvalue weighted by Crippen LogP contribution is -2.29. The molecule has 3 heterocycles. The van der Waals surface area contributed by atoms with Crippen molar-refractivity contribution < 1.29 is 13.7 Å². The Balaban J connectivity index is 1.57. The van der Waals surface area contributed by atoms with Crippen LogP contribution >= 0.6 is 12.2 Å². The molecule has 34 heavy (non-hydrogen) atoms. The summed E-state index contributed by atoms with van der Waals surface area (Å²) in [6.45, 7) is 1.70. The van der Waals surface area contributed by atoms with E-state index in [1.54, 1.807) is 37.4 Å². The highest BCUT2D eigenvalue weighted by molar-refractivity contribution is 7.80. The number of aryl methyl sites for hydroxylation is 1. The molecule has 2 aromatic heterocycles. The average Bonchev–Trinajstić information content (AvgIpc) is 3.46. The molecule has 1 aliphatic rings. The molecule has 5 rings (SSSR count). The van der Waals surface area contributed by atoms with Gasteiger partial charge in [-0.3, -0.25) is 15.1 Å². The summed E-state index contributed by atoms with van der Waals surface area (Å²) < 4.78 is 20.2. The number of nitrogens with one attached hydrogen (secondary N) is 1. The van der Waals surface area contributed by atoms with Gasteiger partial charge in [0.25, 0.3) is 5.69 Å². The van der Waals surface area contributed by atoms with Crippen molar-refractivity contribution in [1.29, 1.82) is 0 Å². The van der Waals surface area contributed by atoms with E-state index in [0.717, 1.165) is 11.4 Å². The Labute approximate surface area is 200 Å². The Morgan fingerprint density at radius 1 is 1.12 bits per heavy atom. The summed E-state index contributed by atoms with van der Waals surface area (Å²) in [5.41, 5.74) is 2.74. The first kappa shape index (κ1) is 21.7. The van der Waals surface area contributed by atoms with Crippen LogP contribution in [0.15, 0.2) is 83.4 Å². The summed E-state index contributed by atoms with van der Waals surface area (Å²) in [7, 11) is 0. The molecule has 7 nitrogen and oxygen atoms in total. The summed E-state index contributed by atoms with van der Waals surface area (Å²) >= 11 is 5.68. The molecule has 4 aromatic rings. The number of nitrogens with zero attached hydrogens (tertiary/aromatic N) is 3. The molecule has 1 N–H and O–H groups in total. The zero-order chi connectivity index (χ0) is 23.8. The molecule has 1 fully saturated rings. The molecule has 0 radical (unpaired) electrons. The van der Waals surface area contributed by atoms with E-state index in [9.17, 15) is 14.5 Å². The number of nitro groups is 1. The maximum Gasteiger partial charge on any atom is 0.269 e. The van der Waals surface area contributed by atoms with Crippen LogP contribution in [-0.2, 0) is 0 Å². The SMILES string of the molecule is Cc1cc(N2C(=S)N[C@H](c3ccccn3)[C@@H]2c2ccc(-c3ccc([N+](=O)[O-])cc3)o2)ccc1F. The number of pyridine rings is 1. The van der Waals surface area contributed by atoms with Crippen molar-refractivity contribution in [3.63, 3.8) is 0 Å². The van der Waals surface area contributed by atoms with Gasteiger partial charge in [-0.05, 0) is 79.3 Å². The van der Waals surface area contributed by atoms with Crippen molar-refractivity contribution in [3.8, 4) is 11.3 Å². The fourth-order valence-electron chi connectivity index (χ4n) is 4.11. The standard InChI is InChI=1S/C25H19FN4O3S/c1-15-14-18(9-10-19(15)26)29-24(23(28-25(29)34)20-4-2-3-13-27-20)22-12-11-21(33-22)16-5-7-17(8-6-16)30(31)32/h2-14,23-24H,1H3,(H,28,34)/t23-,24+/m1/s1. The smallest absolute Gasteiger partial charge is 0.269 e. The second-order valence-electron chi connectivity index (χ2n) is 7.94. The van der Waals surface area contributed by atoms with Crippen LogP contribution in [0.5, 0.6) is 0 Å². The van der Waals surface area contributed by atoms with Crippen LogP contribution in [0, 0.1) is 22.9 Å². The molecular weight excluding hydrogens is 455 g/mol. The third kappa shape index (κ3) is 3.90. The second-order valence-corrected chi connectivity index (χ2v) is 8.32. The van der Waals surface area contributed by atoms with Gasteiger partial charge in [-0.1, -0.05) is 6.07 Å². The normalized spacial score (nSPS) is 17.6. The lowest BCUT2D eigenvalue weighted by atomic mass is 10.0. The van der Waals surface area contributed by atoms with Gasteiger partial charge in [0.05, 0.1) is 16.7 Å². The van der Waals surface area contributed by atoms with E-state index >= 15 is 0 Å². The summed E-state index contributed by atoms with van der Waals surface area (Å²) in [6, 6.07) is 19.7. The number of anilines is 1. The minimum absolute atomic E-state index is 0.00828. The zero-order valence-electron chi connectivity index (χ0n) is 18.0. The first-order valence-electron chi connectivity index (χ1n) is 10.5. The van der Waals surface area contributed by atoms with Crippen molar-refractivity contribution in [2.24, 2.45) is 0 Å². The Morgan fingerprint density at radius 2 is 1.91 bits per heavy atom. The molecule has 0 amide bonds. The van der Waals surface area contributed by atoms with Crippen molar-refractivity contribution in [1.82, 2.24) is 10.3 Å². The second kappa shape index (κ2) is 8.68. The molecule has 170 valence electrons. The molecular formula is C25H19FN4O3S. The van der Waals surface area contributed by atoms with Gasteiger partial charge < -0.3 is 14.6 Å². The van der Waals surface area contributed by atoms with Gasteiger partial charge in [0.2, 0.25) is 0 Å². The first-order chi connectivity index (χ1) is 16.4. The molecule has 0 bridgehead atoms. The largest absolute Gasteiger partial charge is 0.459 e. The highest BCUT2D eigenvalue weighted by Gasteiger charge is 2.42. The molecule has 1 aliphatic heterocycles. The number of nitro benzene ring substituents is 1. The minimum Gasteiger partial charge on any atom is -0.459 e. The van der Waals surface area contributed by atoms with E-state index < -0.39 is 4.92 Å². The highest BCUT2D eigenvalue weighted by Crippen LogP contribution is 2.43. The topological polar surface area (TPSA) is 84.4 Å². The lowest BCUT2D eigenvalue weighted by Gasteiger charge is -2.26. The van der Waals surface area contributed by atoms with Gasteiger partial charge in [-0.2, -0.15) is 0 Å². The summed E-state index contributed by atoms with van der Waals surface area (Å²) in [6.07, 6.45) is 1.71. The van der Waals surface area contributed by atoms with Crippen molar-refractivity contribution >= 4 is 28.7 Å². The summed E-state index contributed by atoms with van der Waals surface area (Å²) in [4.78, 5) is 16.9. The molecule has 0 unspecified atom stereocenters. The maximum atomic E-state index is 14.0. The Hall–Kier alpha value is -4.11. The van der Waals surface area contributed by atoms with Gasteiger partial charge in [-0.15, -0.1) is 0 Å². The highest BCUT2D eigenvalue weighted by atomic mass is 32.1. The number of benzene rings is 2. The van der Waals surface area contributed by atoms with Gasteiger partial charge in [-0.25, -0.2) is 4.39 Å². The fourth-order valence-corrected chi connectivity index (χ4v) is 4.46. The van der Waals surface area contributed by atoms with Gasteiger partial charge in [0, 0.05) is 29.6 Å². The monoisotopic (exact) mass is 474 g/mol. The molecule has 2 aromatic carbocycles. The van der Waals surface area contributed by atoms with E-state index in [1.165, 1.54) is 18.2 Å². The van der Waals surface area contributed by atoms with Crippen LogP contribution in [0.1, 0.15) is 29.1 Å². The number of hydrogen-bond donors (Lipinski definition) is 1. The van der Waals surface area contributed by atoms with Crippen molar-refractivity contribution in [2.75, 3.05) is 4.90 Å². The average molecular weight is 475 g/mol. The maximum absolute atomic E-state index is 14.0. The lowest BCUT2D eigenvalue weighted by molar-refractivity contribution is -0.384. The number of aromatic nitrogens is 1. The summed E-state index contributed by atoms with van der Waals surface area (Å²) in [5, 5.41) is 14.8. The predicted molar refractivity (Wildman–Crippen MR) is 130 cm³/mol.